The molecule has 1 atom stereocenters. The summed E-state index contributed by atoms with van der Waals surface area (Å²) in [4.78, 5) is 15.4. The molecule has 2 aliphatic rings. The number of quaternary nitrogens is 1. The number of amides is 1. The molecule has 1 saturated heterocycles. The highest BCUT2D eigenvalue weighted by atomic mass is 32.1. The molecule has 1 fully saturated rings. The van der Waals surface area contributed by atoms with Gasteiger partial charge in [-0.2, -0.15) is 5.26 Å². The number of nitriles is 1. The molecule has 3 rings (SSSR count). The molecule has 1 aromatic rings. The lowest BCUT2D eigenvalue weighted by atomic mass is 10.1. The fraction of sp³-hybridized carbons (Fsp3) is 0.684. The van der Waals surface area contributed by atoms with E-state index in [2.05, 4.69) is 11.4 Å². The van der Waals surface area contributed by atoms with Crippen LogP contribution in [-0.4, -0.2) is 25.0 Å². The first kappa shape index (κ1) is 17.4. The second-order valence-electron chi connectivity index (χ2n) is 7.16. The third-order valence-electron chi connectivity index (χ3n) is 5.52. The van der Waals surface area contributed by atoms with Crippen LogP contribution in [0.15, 0.2) is 0 Å². The van der Waals surface area contributed by atoms with E-state index in [1.165, 1.54) is 53.9 Å². The highest BCUT2D eigenvalue weighted by Crippen LogP contribution is 2.36. The molecule has 2 N–H and O–H groups in total. The maximum absolute atomic E-state index is 12.7. The molecule has 5 heteroatoms. The summed E-state index contributed by atoms with van der Waals surface area (Å²) in [6.45, 7) is 4.20. The number of nitrogens with one attached hydrogen (secondary N) is 2. The summed E-state index contributed by atoms with van der Waals surface area (Å²) >= 11 is 1.63. The first-order chi connectivity index (χ1) is 11.7. The minimum Gasteiger partial charge on any atom is -0.325 e. The Hall–Kier alpha value is -1.38. The quantitative estimate of drug-likeness (QED) is 0.827. The lowest BCUT2D eigenvalue weighted by Crippen LogP contribution is -3.16. The number of fused-ring (bicyclic) bond motifs is 1. The van der Waals surface area contributed by atoms with Crippen molar-refractivity contribution in [2.24, 2.45) is 0 Å². The minimum absolute atomic E-state index is 0.0449. The maximum atomic E-state index is 12.7. The van der Waals surface area contributed by atoms with Crippen molar-refractivity contribution in [3.8, 4) is 6.07 Å². The van der Waals surface area contributed by atoms with E-state index in [4.69, 9.17) is 0 Å². The Labute approximate surface area is 148 Å². The van der Waals surface area contributed by atoms with Gasteiger partial charge >= 0.3 is 0 Å². The van der Waals surface area contributed by atoms with Crippen LogP contribution in [0.25, 0.3) is 0 Å². The summed E-state index contributed by atoms with van der Waals surface area (Å²) in [5, 5.41) is 13.5. The van der Waals surface area contributed by atoms with Gasteiger partial charge in [-0.1, -0.05) is 6.42 Å². The van der Waals surface area contributed by atoms with E-state index >= 15 is 0 Å². The number of hydrogen-bond donors (Lipinski definition) is 2. The van der Waals surface area contributed by atoms with Gasteiger partial charge in [0.1, 0.15) is 11.1 Å². The molecule has 4 nitrogen and oxygen atoms in total. The van der Waals surface area contributed by atoms with Crippen molar-refractivity contribution in [3.63, 3.8) is 0 Å². The van der Waals surface area contributed by atoms with E-state index in [1.54, 1.807) is 11.3 Å². The van der Waals surface area contributed by atoms with Gasteiger partial charge in [-0.3, -0.25) is 4.79 Å². The number of thiophene rings is 1. The summed E-state index contributed by atoms with van der Waals surface area (Å²) < 4.78 is 0. The van der Waals surface area contributed by atoms with Crippen molar-refractivity contribution >= 4 is 22.2 Å². The second-order valence-corrected chi connectivity index (χ2v) is 8.27. The molecule has 2 heterocycles. The predicted molar refractivity (Wildman–Crippen MR) is 97.5 cm³/mol. The van der Waals surface area contributed by atoms with E-state index in [9.17, 15) is 10.1 Å². The van der Waals surface area contributed by atoms with Crippen molar-refractivity contribution in [1.82, 2.24) is 0 Å². The van der Waals surface area contributed by atoms with Crippen molar-refractivity contribution in [2.75, 3.05) is 18.4 Å². The Balaban J connectivity index is 1.73. The number of nitrogens with zero attached hydrogens (tertiary/aromatic N) is 1. The second kappa shape index (κ2) is 8.13. The standard InChI is InChI=1S/C19H27N3OS/c1-14(22-11-7-2-3-8-12-22)18(23)21-19-16(13-20)15-9-5-4-6-10-17(15)24-19/h14H,2-12H2,1H3,(H,21,23)/p+1/t14-/m1/s1. The number of hydrogen-bond acceptors (Lipinski definition) is 3. The van der Waals surface area contributed by atoms with Crippen LogP contribution in [0.4, 0.5) is 5.00 Å². The molecule has 0 aromatic carbocycles. The monoisotopic (exact) mass is 346 g/mol. The summed E-state index contributed by atoms with van der Waals surface area (Å²) in [6.07, 6.45) is 10.6. The van der Waals surface area contributed by atoms with Crippen LogP contribution < -0.4 is 10.2 Å². The fourth-order valence-corrected chi connectivity index (χ4v) is 5.21. The van der Waals surface area contributed by atoms with Crippen LogP contribution in [0.5, 0.6) is 0 Å². The normalized spacial score (nSPS) is 20.3. The number of aryl methyl sites for hydroxylation is 1. The highest BCUT2D eigenvalue weighted by molar-refractivity contribution is 7.16. The molecule has 1 aromatic heterocycles. The van der Waals surface area contributed by atoms with Gasteiger partial charge in [-0.25, -0.2) is 0 Å². The first-order valence-corrected chi connectivity index (χ1v) is 10.2. The van der Waals surface area contributed by atoms with E-state index in [1.807, 2.05) is 6.92 Å². The Bertz CT molecular complexity index is 623. The largest absolute Gasteiger partial charge is 0.325 e. The van der Waals surface area contributed by atoms with Gasteiger partial charge in [0.15, 0.2) is 6.04 Å². The fourth-order valence-electron chi connectivity index (χ4n) is 3.97. The molecule has 0 unspecified atom stereocenters. The Morgan fingerprint density at radius 3 is 2.50 bits per heavy atom. The molecule has 1 amide bonds. The maximum Gasteiger partial charge on any atom is 0.283 e. The lowest BCUT2D eigenvalue weighted by molar-refractivity contribution is -0.913. The van der Waals surface area contributed by atoms with Gasteiger partial charge in [0.2, 0.25) is 0 Å². The van der Waals surface area contributed by atoms with Crippen LogP contribution in [0, 0.1) is 11.3 Å². The van der Waals surface area contributed by atoms with Gasteiger partial charge in [0.25, 0.3) is 5.91 Å². The van der Waals surface area contributed by atoms with Gasteiger partial charge < -0.3 is 10.2 Å². The molecule has 1 aliphatic carbocycles. The molecule has 1 aliphatic heterocycles. The molecule has 0 spiro atoms. The van der Waals surface area contributed by atoms with Crippen molar-refractivity contribution in [3.05, 3.63) is 16.0 Å². The van der Waals surface area contributed by atoms with Crippen molar-refractivity contribution in [1.29, 1.82) is 5.26 Å². The van der Waals surface area contributed by atoms with Crippen molar-refractivity contribution < 1.29 is 9.69 Å². The SMILES string of the molecule is C[C@H](C(=O)Nc1sc2c(c1C#N)CCCCC2)[NH+]1CCCCCC1. The van der Waals surface area contributed by atoms with Crippen LogP contribution >= 0.6 is 11.3 Å². The molecule has 0 saturated carbocycles. The zero-order valence-corrected chi connectivity index (χ0v) is 15.4. The number of anilines is 1. The number of likely N-dealkylation sites (tertiary alicyclic amines) is 1. The van der Waals surface area contributed by atoms with Crippen LogP contribution in [0.1, 0.15) is 67.9 Å². The van der Waals surface area contributed by atoms with Gasteiger partial charge in [0.05, 0.1) is 18.7 Å². The summed E-state index contributed by atoms with van der Waals surface area (Å²) in [6, 6.07) is 2.31. The Morgan fingerprint density at radius 1 is 1.12 bits per heavy atom. The third-order valence-corrected chi connectivity index (χ3v) is 6.73. The van der Waals surface area contributed by atoms with E-state index in [0.717, 1.165) is 42.9 Å². The Morgan fingerprint density at radius 2 is 1.79 bits per heavy atom. The third kappa shape index (κ3) is 3.81. The number of carbonyl (C=O) groups is 1. The molecule has 24 heavy (non-hydrogen) atoms. The first-order valence-electron chi connectivity index (χ1n) is 9.40. The number of rotatable bonds is 3. The molecule has 0 radical (unpaired) electrons. The smallest absolute Gasteiger partial charge is 0.283 e. The summed E-state index contributed by atoms with van der Waals surface area (Å²) in [7, 11) is 0. The predicted octanol–water partition coefficient (Wildman–Crippen LogP) is 2.67. The van der Waals surface area contributed by atoms with Crippen LogP contribution in [0.2, 0.25) is 0 Å². The van der Waals surface area contributed by atoms with E-state index in [-0.39, 0.29) is 11.9 Å². The van der Waals surface area contributed by atoms with Gasteiger partial charge in [-0.15, -0.1) is 11.3 Å². The average molecular weight is 347 g/mol. The average Bonchev–Trinajstić information content (AvgIpc) is 2.82. The van der Waals surface area contributed by atoms with E-state index in [0.29, 0.717) is 0 Å². The zero-order valence-electron chi connectivity index (χ0n) is 14.6. The molecule has 0 bridgehead atoms. The topological polar surface area (TPSA) is 57.3 Å². The van der Waals surface area contributed by atoms with Gasteiger partial charge in [-0.05, 0) is 63.9 Å². The van der Waals surface area contributed by atoms with E-state index < -0.39 is 0 Å². The highest BCUT2D eigenvalue weighted by Gasteiger charge is 2.28. The van der Waals surface area contributed by atoms with Crippen LogP contribution in [0.3, 0.4) is 0 Å². The molecule has 130 valence electrons. The lowest BCUT2D eigenvalue weighted by Gasteiger charge is -2.23. The molecular weight excluding hydrogens is 318 g/mol. The molecular formula is C19H28N3OS+. The zero-order chi connectivity index (χ0) is 16.9. The summed E-state index contributed by atoms with van der Waals surface area (Å²) in [5.41, 5.74) is 1.92. The minimum atomic E-state index is -0.0449. The Kier molecular flexibility index (Phi) is 5.91. The van der Waals surface area contributed by atoms with Crippen molar-refractivity contribution in [2.45, 2.75) is 70.8 Å². The number of carbonyl (C=O) groups excluding carboxylic acids is 1. The summed E-state index contributed by atoms with van der Waals surface area (Å²) in [5.74, 6) is 0.0693. The van der Waals surface area contributed by atoms with Crippen LogP contribution in [-0.2, 0) is 17.6 Å². The van der Waals surface area contributed by atoms with Gasteiger partial charge in [0, 0.05) is 4.88 Å².